The Balaban J connectivity index is 2.15. The summed E-state index contributed by atoms with van der Waals surface area (Å²) in [5.41, 5.74) is 8.08. The monoisotopic (exact) mass is 288 g/mol. The number of hydrogen-bond acceptors (Lipinski definition) is 4. The molecule has 2 aromatic carbocycles. The van der Waals surface area contributed by atoms with E-state index in [1.807, 2.05) is 0 Å². The van der Waals surface area contributed by atoms with Gasteiger partial charge < -0.3 is 15.8 Å². The molecule has 0 aliphatic carbocycles. The van der Waals surface area contributed by atoms with Crippen LogP contribution in [-0.4, -0.2) is 12.1 Å². The predicted molar refractivity (Wildman–Crippen MR) is 81.1 cm³/mol. The number of hydrogen-bond donors (Lipinski definition) is 2. The molecule has 2 aromatic rings. The van der Waals surface area contributed by atoms with Gasteiger partial charge in [0.1, 0.15) is 5.82 Å². The molecule has 2 rings (SSSR count). The van der Waals surface area contributed by atoms with Crippen molar-refractivity contribution in [3.63, 3.8) is 0 Å². The Morgan fingerprint density at radius 3 is 2.43 bits per heavy atom. The average molecular weight is 288 g/mol. The number of ether oxygens (including phenoxy) is 1. The number of carbonyl (C=O) groups excluding carboxylic acids is 1. The van der Waals surface area contributed by atoms with E-state index in [9.17, 15) is 9.18 Å². The highest BCUT2D eigenvalue weighted by Gasteiger charge is 2.11. The summed E-state index contributed by atoms with van der Waals surface area (Å²) in [5, 5.41) is 3.06. The topological polar surface area (TPSA) is 64.3 Å². The second-order valence-corrected chi connectivity index (χ2v) is 4.89. The summed E-state index contributed by atoms with van der Waals surface area (Å²) in [4.78, 5) is 11.8. The molecule has 0 aliphatic heterocycles. The number of nitrogen functional groups attached to an aromatic ring is 1. The van der Waals surface area contributed by atoms with Crippen molar-refractivity contribution in [2.45, 2.75) is 20.0 Å². The van der Waals surface area contributed by atoms with Gasteiger partial charge in [0.2, 0.25) is 0 Å². The summed E-state index contributed by atoms with van der Waals surface area (Å²) in [7, 11) is 0. The molecule has 0 heterocycles. The molecule has 110 valence electrons. The molecule has 0 atom stereocenters. The lowest BCUT2D eigenvalue weighted by atomic mass is 10.1. The van der Waals surface area contributed by atoms with E-state index in [0.29, 0.717) is 22.6 Å². The van der Waals surface area contributed by atoms with Crippen molar-refractivity contribution in [3.05, 3.63) is 53.8 Å². The number of rotatable bonds is 4. The summed E-state index contributed by atoms with van der Waals surface area (Å²) < 4.78 is 18.0. The van der Waals surface area contributed by atoms with Gasteiger partial charge in [0.15, 0.2) is 0 Å². The van der Waals surface area contributed by atoms with Crippen molar-refractivity contribution in [1.82, 2.24) is 0 Å². The van der Waals surface area contributed by atoms with Crippen molar-refractivity contribution < 1.29 is 13.9 Å². The van der Waals surface area contributed by atoms with Crippen LogP contribution >= 0.6 is 0 Å². The molecule has 21 heavy (non-hydrogen) atoms. The average Bonchev–Trinajstić information content (AvgIpc) is 2.42. The van der Waals surface area contributed by atoms with Crippen molar-refractivity contribution in [2.75, 3.05) is 11.1 Å². The fourth-order valence-electron chi connectivity index (χ4n) is 1.77. The first-order valence-electron chi connectivity index (χ1n) is 6.59. The second kappa shape index (κ2) is 6.26. The Morgan fingerprint density at radius 2 is 1.86 bits per heavy atom. The van der Waals surface area contributed by atoms with Crippen molar-refractivity contribution in [3.8, 4) is 0 Å². The number of carbonyl (C=O) groups is 1. The number of anilines is 3. The summed E-state index contributed by atoms with van der Waals surface area (Å²) in [5.74, 6) is -0.717. The van der Waals surface area contributed by atoms with E-state index in [4.69, 9.17) is 10.5 Å². The summed E-state index contributed by atoms with van der Waals surface area (Å²) >= 11 is 0. The van der Waals surface area contributed by atoms with E-state index in [-0.39, 0.29) is 11.9 Å². The fraction of sp³-hybridized carbons (Fsp3) is 0.188. The molecule has 0 unspecified atom stereocenters. The maximum absolute atomic E-state index is 12.8. The zero-order valence-electron chi connectivity index (χ0n) is 11.9. The van der Waals surface area contributed by atoms with Crippen LogP contribution in [0, 0.1) is 5.82 Å². The molecule has 0 radical (unpaired) electrons. The molecule has 0 bridgehead atoms. The Kier molecular flexibility index (Phi) is 4.42. The smallest absolute Gasteiger partial charge is 0.338 e. The predicted octanol–water partition coefficient (Wildman–Crippen LogP) is 3.72. The Bertz CT molecular complexity index is 639. The van der Waals surface area contributed by atoms with E-state index < -0.39 is 5.97 Å². The standard InChI is InChI=1S/C16H17FN2O2/c1-10(2)21-16(20)11-3-8-15(14(18)9-11)19-13-6-4-12(17)5-7-13/h3-10,19H,18H2,1-2H3. The van der Waals surface area contributed by atoms with Crippen LogP contribution < -0.4 is 11.1 Å². The Labute approximate surface area is 122 Å². The van der Waals surface area contributed by atoms with Gasteiger partial charge in [0.05, 0.1) is 23.0 Å². The summed E-state index contributed by atoms with van der Waals surface area (Å²) in [6.45, 7) is 3.57. The van der Waals surface area contributed by atoms with Gasteiger partial charge in [-0.15, -0.1) is 0 Å². The molecule has 0 aliphatic rings. The fourth-order valence-corrected chi connectivity index (χ4v) is 1.77. The van der Waals surface area contributed by atoms with Crippen LogP contribution in [0.1, 0.15) is 24.2 Å². The number of nitrogens with two attached hydrogens (primary N) is 1. The van der Waals surface area contributed by atoms with Crippen LogP contribution in [0.25, 0.3) is 0 Å². The highest BCUT2D eigenvalue weighted by Crippen LogP contribution is 2.24. The molecular weight excluding hydrogens is 271 g/mol. The lowest BCUT2D eigenvalue weighted by molar-refractivity contribution is 0.0378. The molecule has 0 saturated heterocycles. The van der Waals surface area contributed by atoms with Gasteiger partial charge in [-0.25, -0.2) is 9.18 Å². The van der Waals surface area contributed by atoms with Crippen molar-refractivity contribution in [2.24, 2.45) is 0 Å². The highest BCUT2D eigenvalue weighted by molar-refractivity contribution is 5.92. The van der Waals surface area contributed by atoms with Crippen LogP contribution in [0.3, 0.4) is 0 Å². The van der Waals surface area contributed by atoms with E-state index in [1.54, 1.807) is 44.2 Å². The SMILES string of the molecule is CC(C)OC(=O)c1ccc(Nc2ccc(F)cc2)c(N)c1. The van der Waals surface area contributed by atoms with Crippen molar-refractivity contribution >= 4 is 23.0 Å². The minimum Gasteiger partial charge on any atom is -0.459 e. The molecule has 0 amide bonds. The molecule has 0 fully saturated rings. The minimum atomic E-state index is -0.412. The van der Waals surface area contributed by atoms with Crippen LogP contribution in [0.15, 0.2) is 42.5 Å². The second-order valence-electron chi connectivity index (χ2n) is 4.89. The lowest BCUT2D eigenvalue weighted by Crippen LogP contribution is -2.12. The van der Waals surface area contributed by atoms with Gasteiger partial charge in [-0.2, -0.15) is 0 Å². The molecule has 0 aromatic heterocycles. The molecule has 0 spiro atoms. The minimum absolute atomic E-state index is 0.184. The maximum Gasteiger partial charge on any atom is 0.338 e. The number of halogens is 1. The highest BCUT2D eigenvalue weighted by atomic mass is 19.1. The summed E-state index contributed by atoms with van der Waals surface area (Å²) in [6, 6.07) is 10.8. The van der Waals surface area contributed by atoms with E-state index in [1.165, 1.54) is 12.1 Å². The first-order chi connectivity index (χ1) is 9.95. The molecule has 4 nitrogen and oxygen atoms in total. The zero-order chi connectivity index (χ0) is 15.4. The Hall–Kier alpha value is -2.56. The van der Waals surface area contributed by atoms with E-state index in [2.05, 4.69) is 5.32 Å². The third kappa shape index (κ3) is 3.95. The van der Waals surface area contributed by atoms with Crippen LogP contribution in [-0.2, 0) is 4.74 Å². The summed E-state index contributed by atoms with van der Waals surface area (Å²) in [6.07, 6.45) is -0.184. The van der Waals surface area contributed by atoms with E-state index in [0.717, 1.165) is 0 Å². The largest absolute Gasteiger partial charge is 0.459 e. The molecule has 5 heteroatoms. The third-order valence-electron chi connectivity index (χ3n) is 2.75. The van der Waals surface area contributed by atoms with Gasteiger partial charge in [-0.3, -0.25) is 0 Å². The van der Waals surface area contributed by atoms with Crippen LogP contribution in [0.2, 0.25) is 0 Å². The Morgan fingerprint density at radius 1 is 1.19 bits per heavy atom. The number of nitrogens with one attached hydrogen (secondary N) is 1. The van der Waals surface area contributed by atoms with Gasteiger partial charge >= 0.3 is 5.97 Å². The molecule has 0 saturated carbocycles. The van der Waals surface area contributed by atoms with Crippen LogP contribution in [0.5, 0.6) is 0 Å². The zero-order valence-corrected chi connectivity index (χ0v) is 11.9. The first kappa shape index (κ1) is 14.8. The quantitative estimate of drug-likeness (QED) is 0.665. The van der Waals surface area contributed by atoms with E-state index >= 15 is 0 Å². The normalized spacial score (nSPS) is 10.5. The van der Waals surface area contributed by atoms with Crippen molar-refractivity contribution in [1.29, 1.82) is 0 Å². The first-order valence-corrected chi connectivity index (χ1v) is 6.59. The van der Waals surface area contributed by atoms with Gasteiger partial charge in [-0.1, -0.05) is 0 Å². The number of esters is 1. The third-order valence-corrected chi connectivity index (χ3v) is 2.75. The van der Waals surface area contributed by atoms with Gasteiger partial charge in [0, 0.05) is 5.69 Å². The van der Waals surface area contributed by atoms with Gasteiger partial charge in [-0.05, 0) is 56.3 Å². The molecule has 3 N–H and O–H groups in total. The van der Waals surface area contributed by atoms with Gasteiger partial charge in [0.25, 0.3) is 0 Å². The lowest BCUT2D eigenvalue weighted by Gasteiger charge is -2.12. The van der Waals surface area contributed by atoms with Crippen LogP contribution in [0.4, 0.5) is 21.5 Å². The number of benzene rings is 2. The molecular formula is C16H17FN2O2. The maximum atomic E-state index is 12.8.